The molecule has 0 spiro atoms. The highest BCUT2D eigenvalue weighted by Gasteiger charge is 2.43. The molecule has 4 rings (SSSR count). The van der Waals surface area contributed by atoms with Gasteiger partial charge in [0.15, 0.2) is 6.10 Å². The van der Waals surface area contributed by atoms with Crippen molar-refractivity contribution in [1.82, 2.24) is 0 Å². The van der Waals surface area contributed by atoms with E-state index in [-0.39, 0.29) is 0 Å². The molecule has 0 aliphatic carbocycles. The van der Waals surface area contributed by atoms with E-state index in [1.165, 1.54) is 0 Å². The zero-order valence-electron chi connectivity index (χ0n) is 18.3. The normalized spacial score (nSPS) is 12.8. The van der Waals surface area contributed by atoms with Gasteiger partial charge < -0.3 is 9.84 Å². The fourth-order valence-electron chi connectivity index (χ4n) is 3.81. The Labute approximate surface area is 202 Å². The second-order valence-corrected chi connectivity index (χ2v) is 8.57. The number of carbonyl (C=O) groups is 1. The van der Waals surface area contributed by atoms with Gasteiger partial charge in [0.2, 0.25) is 5.60 Å². The van der Waals surface area contributed by atoms with Gasteiger partial charge in [-0.1, -0.05) is 131 Å². The quantitative estimate of drug-likeness (QED) is 0.234. The molecule has 4 aromatic rings. The Balaban J connectivity index is 1.78. The van der Waals surface area contributed by atoms with Gasteiger partial charge in [-0.15, -0.1) is 0 Å². The smallest absolute Gasteiger partial charge is 0.348 e. The SMILES string of the molecule is Cc1ccc(C(O)(C(=O)OC(c2ccccc2)c2ccccc2)c2ccc(CBr)cc2)cc1. The van der Waals surface area contributed by atoms with Gasteiger partial charge in [-0.05, 0) is 34.7 Å². The van der Waals surface area contributed by atoms with Crippen molar-refractivity contribution in [3.05, 3.63) is 143 Å². The van der Waals surface area contributed by atoms with Crippen molar-refractivity contribution in [2.24, 2.45) is 0 Å². The summed E-state index contributed by atoms with van der Waals surface area (Å²) in [5, 5.41) is 12.6. The molecule has 0 aliphatic heterocycles. The van der Waals surface area contributed by atoms with Crippen LogP contribution in [-0.2, 0) is 20.5 Å². The summed E-state index contributed by atoms with van der Waals surface area (Å²) < 4.78 is 6.09. The molecule has 0 heterocycles. The van der Waals surface area contributed by atoms with Crippen LogP contribution in [0.5, 0.6) is 0 Å². The number of aryl methyl sites for hydroxylation is 1. The monoisotopic (exact) mass is 500 g/mol. The number of hydrogen-bond donors (Lipinski definition) is 1. The van der Waals surface area contributed by atoms with Crippen LogP contribution in [0.1, 0.15) is 39.5 Å². The molecule has 1 N–H and O–H groups in total. The van der Waals surface area contributed by atoms with Gasteiger partial charge in [0, 0.05) is 5.33 Å². The van der Waals surface area contributed by atoms with Crippen molar-refractivity contribution in [3.8, 4) is 0 Å². The fourth-order valence-corrected chi connectivity index (χ4v) is 4.18. The topological polar surface area (TPSA) is 46.5 Å². The van der Waals surface area contributed by atoms with E-state index < -0.39 is 17.7 Å². The van der Waals surface area contributed by atoms with E-state index in [9.17, 15) is 9.90 Å². The van der Waals surface area contributed by atoms with Crippen molar-refractivity contribution in [2.45, 2.75) is 24.0 Å². The predicted molar refractivity (Wildman–Crippen MR) is 134 cm³/mol. The Morgan fingerprint density at radius 1 is 0.788 bits per heavy atom. The van der Waals surface area contributed by atoms with Gasteiger partial charge in [0.05, 0.1) is 0 Å². The lowest BCUT2D eigenvalue weighted by molar-refractivity contribution is -0.166. The summed E-state index contributed by atoms with van der Waals surface area (Å²) in [5.74, 6) is -0.726. The van der Waals surface area contributed by atoms with Crippen molar-refractivity contribution >= 4 is 21.9 Å². The number of ether oxygens (including phenoxy) is 1. The molecule has 0 aliphatic rings. The third kappa shape index (κ3) is 4.92. The van der Waals surface area contributed by atoms with Crippen molar-refractivity contribution in [3.63, 3.8) is 0 Å². The highest BCUT2D eigenvalue weighted by Crippen LogP contribution is 2.35. The lowest BCUT2D eigenvalue weighted by Crippen LogP contribution is -2.39. The molecule has 0 fully saturated rings. The average Bonchev–Trinajstić information content (AvgIpc) is 2.88. The molecular weight excluding hydrogens is 476 g/mol. The highest BCUT2D eigenvalue weighted by molar-refractivity contribution is 9.08. The molecule has 0 aromatic heterocycles. The summed E-state index contributed by atoms with van der Waals surface area (Å²) in [7, 11) is 0. The summed E-state index contributed by atoms with van der Waals surface area (Å²) in [6.45, 7) is 1.97. The van der Waals surface area contributed by atoms with E-state index in [4.69, 9.17) is 4.74 Å². The van der Waals surface area contributed by atoms with E-state index in [1.807, 2.05) is 91.9 Å². The van der Waals surface area contributed by atoms with Gasteiger partial charge in [0.25, 0.3) is 0 Å². The summed E-state index contributed by atoms with van der Waals surface area (Å²) in [4.78, 5) is 13.8. The van der Waals surface area contributed by atoms with Crippen LogP contribution < -0.4 is 0 Å². The third-order valence-electron chi connectivity index (χ3n) is 5.72. The average molecular weight is 501 g/mol. The van der Waals surface area contributed by atoms with Crippen molar-refractivity contribution in [1.29, 1.82) is 0 Å². The number of benzene rings is 4. The Kier molecular flexibility index (Phi) is 7.07. The molecule has 1 unspecified atom stereocenters. The minimum absolute atomic E-state index is 0.459. The van der Waals surface area contributed by atoms with Crippen LogP contribution in [0.2, 0.25) is 0 Å². The molecule has 0 saturated heterocycles. The van der Waals surface area contributed by atoms with Crippen LogP contribution in [-0.4, -0.2) is 11.1 Å². The number of esters is 1. The Morgan fingerprint density at radius 2 is 1.24 bits per heavy atom. The van der Waals surface area contributed by atoms with Crippen LogP contribution in [0.15, 0.2) is 109 Å². The van der Waals surface area contributed by atoms with E-state index in [0.29, 0.717) is 16.5 Å². The van der Waals surface area contributed by atoms with Gasteiger partial charge in [0.1, 0.15) is 0 Å². The van der Waals surface area contributed by atoms with Crippen molar-refractivity contribution in [2.75, 3.05) is 0 Å². The Hall–Kier alpha value is -3.21. The van der Waals surface area contributed by atoms with Gasteiger partial charge in [-0.2, -0.15) is 0 Å². The third-order valence-corrected chi connectivity index (χ3v) is 6.37. The Morgan fingerprint density at radius 3 is 1.70 bits per heavy atom. The molecule has 0 radical (unpaired) electrons. The largest absolute Gasteiger partial charge is 0.450 e. The van der Waals surface area contributed by atoms with Crippen LogP contribution in [0.4, 0.5) is 0 Å². The number of carbonyl (C=O) groups excluding carboxylic acids is 1. The maximum atomic E-state index is 13.8. The highest BCUT2D eigenvalue weighted by atomic mass is 79.9. The van der Waals surface area contributed by atoms with E-state index >= 15 is 0 Å². The zero-order valence-corrected chi connectivity index (χ0v) is 19.9. The second-order valence-electron chi connectivity index (χ2n) is 8.01. The molecule has 3 nitrogen and oxygen atoms in total. The van der Waals surface area contributed by atoms with Gasteiger partial charge in [-0.3, -0.25) is 0 Å². The minimum atomic E-state index is -1.96. The minimum Gasteiger partial charge on any atom is -0.450 e. The number of rotatable bonds is 7. The van der Waals surface area contributed by atoms with Crippen molar-refractivity contribution < 1.29 is 14.6 Å². The maximum absolute atomic E-state index is 13.8. The first kappa shape index (κ1) is 23.0. The summed E-state index contributed by atoms with van der Waals surface area (Å²) in [6.07, 6.45) is -0.654. The molecule has 1 atom stereocenters. The van der Waals surface area contributed by atoms with Crippen LogP contribution in [0.3, 0.4) is 0 Å². The fraction of sp³-hybridized carbons (Fsp3) is 0.138. The zero-order chi connectivity index (χ0) is 23.3. The molecule has 0 amide bonds. The number of aliphatic hydroxyl groups is 1. The molecule has 0 saturated carbocycles. The van der Waals surface area contributed by atoms with E-state index in [0.717, 1.165) is 22.3 Å². The molecule has 4 heteroatoms. The maximum Gasteiger partial charge on any atom is 0.348 e. The Bertz CT molecular complexity index is 1150. The van der Waals surface area contributed by atoms with E-state index in [1.54, 1.807) is 24.3 Å². The predicted octanol–water partition coefficient (Wildman–Crippen LogP) is 6.46. The molecule has 166 valence electrons. The number of hydrogen-bond acceptors (Lipinski definition) is 3. The molecule has 0 bridgehead atoms. The first-order valence-electron chi connectivity index (χ1n) is 10.8. The van der Waals surface area contributed by atoms with Crippen LogP contribution in [0, 0.1) is 6.92 Å². The first-order chi connectivity index (χ1) is 16.0. The van der Waals surface area contributed by atoms with Gasteiger partial charge in [-0.25, -0.2) is 4.79 Å². The molecule has 4 aromatic carbocycles. The first-order valence-corrected chi connectivity index (χ1v) is 11.9. The molecule has 33 heavy (non-hydrogen) atoms. The van der Waals surface area contributed by atoms with E-state index in [2.05, 4.69) is 15.9 Å². The lowest BCUT2D eigenvalue weighted by Gasteiger charge is -2.30. The summed E-state index contributed by atoms with van der Waals surface area (Å²) in [6, 6.07) is 33.8. The number of alkyl halides is 1. The number of halogens is 1. The standard InChI is InChI=1S/C29H25BrO3/c1-21-12-16-25(17-13-21)29(32,26-18-14-22(20-30)15-19-26)28(31)33-27(23-8-4-2-5-9-23)24-10-6-3-7-11-24/h2-19,27,32H,20H2,1H3. The van der Waals surface area contributed by atoms with Crippen LogP contribution >= 0.6 is 15.9 Å². The van der Waals surface area contributed by atoms with Gasteiger partial charge >= 0.3 is 5.97 Å². The summed E-state index contributed by atoms with van der Waals surface area (Å²) >= 11 is 3.44. The van der Waals surface area contributed by atoms with Crippen LogP contribution in [0.25, 0.3) is 0 Å². The second kappa shape index (κ2) is 10.2. The lowest BCUT2D eigenvalue weighted by atomic mass is 9.85. The molecular formula is C29H25BrO3. The summed E-state index contributed by atoms with van der Waals surface area (Å²) in [5.41, 5.74) is 2.71.